The minimum absolute atomic E-state index is 0.0931. The fourth-order valence-electron chi connectivity index (χ4n) is 1.43. The highest BCUT2D eigenvalue weighted by molar-refractivity contribution is 5.92. The molecule has 8 heteroatoms. The molecule has 3 amide bonds. The van der Waals surface area contributed by atoms with E-state index in [4.69, 9.17) is 5.73 Å². The maximum absolute atomic E-state index is 12.0. The van der Waals surface area contributed by atoms with E-state index in [0.717, 1.165) is 0 Å². The van der Waals surface area contributed by atoms with Crippen LogP contribution in [0.5, 0.6) is 0 Å². The number of nitrogens with two attached hydrogens (primary N) is 1. The van der Waals surface area contributed by atoms with Gasteiger partial charge in [-0.25, -0.2) is 0 Å². The summed E-state index contributed by atoms with van der Waals surface area (Å²) < 4.78 is 0. The number of carbonyl (C=O) groups is 3. The van der Waals surface area contributed by atoms with Crippen molar-refractivity contribution in [1.82, 2.24) is 20.9 Å². The minimum Gasteiger partial charge on any atom is -0.359 e. The molecule has 0 heterocycles. The lowest BCUT2D eigenvalue weighted by Gasteiger charge is -2.26. The molecule has 0 saturated heterocycles. The highest BCUT2D eigenvalue weighted by atomic mass is 16.2. The van der Waals surface area contributed by atoms with E-state index < -0.39 is 11.9 Å². The molecule has 0 radical (unpaired) electrons. The maximum Gasteiger partial charge on any atom is 0.243 e. The van der Waals surface area contributed by atoms with Crippen LogP contribution in [0, 0.1) is 0 Å². The van der Waals surface area contributed by atoms with Crippen LogP contribution in [0.25, 0.3) is 0 Å². The summed E-state index contributed by atoms with van der Waals surface area (Å²) in [6.07, 6.45) is -0.0931. The standard InChI is InChI=1S/C11H23N5O3/c1-13-4-5-15-11(19)8(6-9(17)14-2)16(3)10(18)7-12/h8,13H,4-7,12H2,1-3H3,(H,14,17)(H,15,19)/t8-/m0/s1. The number of rotatable bonds is 8. The smallest absolute Gasteiger partial charge is 0.243 e. The van der Waals surface area contributed by atoms with Crippen LogP contribution in [0.15, 0.2) is 0 Å². The van der Waals surface area contributed by atoms with Crippen molar-refractivity contribution < 1.29 is 14.4 Å². The van der Waals surface area contributed by atoms with E-state index in [1.54, 1.807) is 7.05 Å². The average molecular weight is 273 g/mol. The van der Waals surface area contributed by atoms with Crippen LogP contribution in [0.2, 0.25) is 0 Å². The van der Waals surface area contributed by atoms with Gasteiger partial charge in [-0.3, -0.25) is 14.4 Å². The first-order valence-electron chi connectivity index (χ1n) is 6.06. The minimum atomic E-state index is -0.854. The van der Waals surface area contributed by atoms with Gasteiger partial charge in [0, 0.05) is 27.2 Å². The average Bonchev–Trinajstić information content (AvgIpc) is 2.42. The maximum atomic E-state index is 12.0. The largest absolute Gasteiger partial charge is 0.359 e. The Balaban J connectivity index is 4.69. The molecule has 0 fully saturated rings. The van der Waals surface area contributed by atoms with Gasteiger partial charge in [0.25, 0.3) is 0 Å². The molecule has 0 bridgehead atoms. The number of likely N-dealkylation sites (N-methyl/N-ethyl adjacent to an activating group) is 2. The highest BCUT2D eigenvalue weighted by Gasteiger charge is 2.28. The summed E-state index contributed by atoms with van der Waals surface area (Å²) in [4.78, 5) is 36.1. The van der Waals surface area contributed by atoms with Crippen LogP contribution in [-0.2, 0) is 14.4 Å². The molecule has 0 saturated carbocycles. The second kappa shape index (κ2) is 9.29. The van der Waals surface area contributed by atoms with Crippen LogP contribution < -0.4 is 21.7 Å². The van der Waals surface area contributed by atoms with Crippen molar-refractivity contribution in [3.8, 4) is 0 Å². The molecule has 8 nitrogen and oxygen atoms in total. The molecule has 1 atom stereocenters. The summed E-state index contributed by atoms with van der Waals surface area (Å²) in [5.74, 6) is -1.08. The monoisotopic (exact) mass is 273 g/mol. The van der Waals surface area contributed by atoms with Crippen LogP contribution in [-0.4, -0.2) is 69.4 Å². The quantitative estimate of drug-likeness (QED) is 0.358. The first-order valence-corrected chi connectivity index (χ1v) is 6.06. The molecule has 0 aliphatic heterocycles. The lowest BCUT2D eigenvalue weighted by Crippen LogP contribution is -2.51. The lowest BCUT2D eigenvalue weighted by atomic mass is 10.1. The third-order valence-electron chi connectivity index (χ3n) is 2.67. The summed E-state index contributed by atoms with van der Waals surface area (Å²) in [6, 6.07) is -0.854. The van der Waals surface area contributed by atoms with Gasteiger partial charge in [-0.2, -0.15) is 0 Å². The molecule has 0 spiro atoms. The van der Waals surface area contributed by atoms with Crippen molar-refractivity contribution in [3.05, 3.63) is 0 Å². The third kappa shape index (κ3) is 6.16. The normalized spacial score (nSPS) is 11.6. The first-order chi connectivity index (χ1) is 8.97. The molecule has 0 aromatic rings. The predicted octanol–water partition coefficient (Wildman–Crippen LogP) is -2.76. The summed E-state index contributed by atoms with van der Waals surface area (Å²) in [6.45, 7) is 0.821. The van der Waals surface area contributed by atoms with Crippen LogP contribution in [0.1, 0.15) is 6.42 Å². The lowest BCUT2D eigenvalue weighted by molar-refractivity contribution is -0.140. The zero-order valence-electron chi connectivity index (χ0n) is 11.7. The number of nitrogens with one attached hydrogen (secondary N) is 3. The van der Waals surface area contributed by atoms with E-state index in [0.29, 0.717) is 13.1 Å². The van der Waals surface area contributed by atoms with Crippen molar-refractivity contribution in [2.45, 2.75) is 12.5 Å². The molecule has 0 aliphatic rings. The Bertz CT molecular complexity index is 321. The molecular formula is C11H23N5O3. The number of hydrogen-bond acceptors (Lipinski definition) is 5. The number of amides is 3. The summed E-state index contributed by atoms with van der Waals surface area (Å²) in [7, 11) is 4.70. The number of carbonyl (C=O) groups excluding carboxylic acids is 3. The van der Waals surface area contributed by atoms with Crippen molar-refractivity contribution in [2.75, 3.05) is 40.8 Å². The van der Waals surface area contributed by atoms with Gasteiger partial charge in [0.1, 0.15) is 6.04 Å². The van der Waals surface area contributed by atoms with Crippen LogP contribution >= 0.6 is 0 Å². The molecule has 0 unspecified atom stereocenters. The van der Waals surface area contributed by atoms with Crippen molar-refractivity contribution in [2.24, 2.45) is 5.73 Å². The van der Waals surface area contributed by atoms with E-state index >= 15 is 0 Å². The fourth-order valence-corrected chi connectivity index (χ4v) is 1.43. The second-order valence-corrected chi connectivity index (χ2v) is 4.00. The Morgan fingerprint density at radius 1 is 1.21 bits per heavy atom. The molecule has 110 valence electrons. The molecule has 19 heavy (non-hydrogen) atoms. The number of hydrogen-bond donors (Lipinski definition) is 4. The van der Waals surface area contributed by atoms with Gasteiger partial charge >= 0.3 is 0 Å². The Kier molecular flexibility index (Phi) is 8.47. The molecule has 5 N–H and O–H groups in total. The van der Waals surface area contributed by atoms with Gasteiger partial charge < -0.3 is 26.6 Å². The van der Waals surface area contributed by atoms with E-state index in [1.807, 2.05) is 0 Å². The van der Waals surface area contributed by atoms with E-state index in [1.165, 1.54) is 19.0 Å². The van der Waals surface area contributed by atoms with Crippen molar-refractivity contribution in [3.63, 3.8) is 0 Å². The van der Waals surface area contributed by atoms with Crippen LogP contribution in [0.3, 0.4) is 0 Å². The molecule has 0 rings (SSSR count). The van der Waals surface area contributed by atoms with Crippen molar-refractivity contribution in [1.29, 1.82) is 0 Å². The molecule has 0 aromatic carbocycles. The Morgan fingerprint density at radius 3 is 2.32 bits per heavy atom. The van der Waals surface area contributed by atoms with Gasteiger partial charge in [0.2, 0.25) is 17.7 Å². The van der Waals surface area contributed by atoms with E-state index in [2.05, 4.69) is 16.0 Å². The SMILES string of the molecule is CNCCNC(=O)[C@H](CC(=O)NC)N(C)C(=O)CN. The first kappa shape index (κ1) is 17.3. The Hall–Kier alpha value is -1.67. The van der Waals surface area contributed by atoms with Gasteiger partial charge in [0.15, 0.2) is 0 Å². The zero-order chi connectivity index (χ0) is 14.8. The fraction of sp³-hybridized carbons (Fsp3) is 0.727. The van der Waals surface area contributed by atoms with E-state index in [-0.39, 0.29) is 24.8 Å². The van der Waals surface area contributed by atoms with Gasteiger partial charge in [0.05, 0.1) is 13.0 Å². The molecule has 0 aromatic heterocycles. The summed E-state index contributed by atoms with van der Waals surface area (Å²) in [5.41, 5.74) is 5.26. The summed E-state index contributed by atoms with van der Waals surface area (Å²) >= 11 is 0. The van der Waals surface area contributed by atoms with Gasteiger partial charge in [-0.1, -0.05) is 0 Å². The second-order valence-electron chi connectivity index (χ2n) is 4.00. The third-order valence-corrected chi connectivity index (χ3v) is 2.67. The van der Waals surface area contributed by atoms with Gasteiger partial charge in [-0.05, 0) is 7.05 Å². The number of nitrogens with zero attached hydrogens (tertiary/aromatic N) is 1. The summed E-state index contributed by atoms with van der Waals surface area (Å²) in [5, 5.41) is 7.97. The zero-order valence-corrected chi connectivity index (χ0v) is 11.7. The Labute approximate surface area is 113 Å². The van der Waals surface area contributed by atoms with Crippen LogP contribution in [0.4, 0.5) is 0 Å². The molecular weight excluding hydrogens is 250 g/mol. The van der Waals surface area contributed by atoms with Gasteiger partial charge in [-0.15, -0.1) is 0 Å². The van der Waals surface area contributed by atoms with Crippen molar-refractivity contribution >= 4 is 17.7 Å². The molecule has 0 aliphatic carbocycles. The Morgan fingerprint density at radius 2 is 1.84 bits per heavy atom. The highest BCUT2D eigenvalue weighted by Crippen LogP contribution is 2.03. The topological polar surface area (TPSA) is 117 Å². The van der Waals surface area contributed by atoms with E-state index in [9.17, 15) is 14.4 Å². The predicted molar refractivity (Wildman–Crippen MR) is 71.2 cm³/mol.